The van der Waals surface area contributed by atoms with Gasteiger partial charge in [0.1, 0.15) is 0 Å². The zero-order chi connectivity index (χ0) is 13.8. The van der Waals surface area contributed by atoms with E-state index >= 15 is 0 Å². The van der Waals surface area contributed by atoms with E-state index in [1.54, 1.807) is 18.2 Å². The normalized spacial score (nSPS) is 12.4. The van der Waals surface area contributed by atoms with Crippen LogP contribution in [0.1, 0.15) is 11.1 Å². The van der Waals surface area contributed by atoms with Gasteiger partial charge in [0.05, 0.1) is 26.5 Å². The van der Waals surface area contributed by atoms with Gasteiger partial charge in [0, 0.05) is 11.6 Å². The average molecular weight is 314 g/mol. The van der Waals surface area contributed by atoms with Gasteiger partial charge in [-0.15, -0.1) is 0 Å². The molecule has 5 heteroatoms. The molecule has 0 radical (unpaired) electrons. The minimum Gasteiger partial charge on any atom is -0.326 e. The van der Waals surface area contributed by atoms with Crippen LogP contribution in [0.4, 0.5) is 0 Å². The first-order chi connectivity index (χ1) is 9.10. The molecule has 1 unspecified atom stereocenters. The topological polar surface area (TPSA) is 43.1 Å². The molecule has 19 heavy (non-hydrogen) atoms. The fourth-order valence-electron chi connectivity index (χ4n) is 1.73. The maximum atomic E-state index is 12.3. The summed E-state index contributed by atoms with van der Waals surface area (Å²) in [7, 11) is -1.22. The molecule has 0 amide bonds. The third kappa shape index (κ3) is 3.80. The van der Waals surface area contributed by atoms with Crippen LogP contribution >= 0.6 is 23.2 Å². The van der Waals surface area contributed by atoms with Gasteiger partial charge < -0.3 is 5.73 Å². The highest BCUT2D eigenvalue weighted by Crippen LogP contribution is 2.25. The van der Waals surface area contributed by atoms with Crippen molar-refractivity contribution in [3.63, 3.8) is 0 Å². The summed E-state index contributed by atoms with van der Waals surface area (Å²) in [5.41, 5.74) is 7.58. The number of halogens is 2. The van der Waals surface area contributed by atoms with Crippen molar-refractivity contribution in [1.82, 2.24) is 0 Å². The lowest BCUT2D eigenvalue weighted by molar-refractivity contribution is 0.682. The molecular weight excluding hydrogens is 301 g/mol. The van der Waals surface area contributed by atoms with E-state index in [1.165, 1.54) is 0 Å². The maximum absolute atomic E-state index is 12.3. The molecule has 0 saturated carbocycles. The van der Waals surface area contributed by atoms with E-state index in [2.05, 4.69) is 0 Å². The minimum absolute atomic E-state index is 0.397. The smallest absolute Gasteiger partial charge is 0.0592 e. The number of benzene rings is 2. The number of rotatable bonds is 4. The molecule has 0 aliphatic rings. The fraction of sp³-hybridized carbons (Fsp3) is 0.143. The summed E-state index contributed by atoms with van der Waals surface area (Å²) in [5.74, 6) is 0.397. The van der Waals surface area contributed by atoms with Crippen molar-refractivity contribution in [2.75, 3.05) is 0 Å². The molecule has 100 valence electrons. The van der Waals surface area contributed by atoms with Crippen molar-refractivity contribution in [2.24, 2.45) is 5.73 Å². The van der Waals surface area contributed by atoms with Crippen molar-refractivity contribution in [3.8, 4) is 0 Å². The Morgan fingerprint density at radius 3 is 2.53 bits per heavy atom. The van der Waals surface area contributed by atoms with Crippen LogP contribution < -0.4 is 5.73 Å². The highest BCUT2D eigenvalue weighted by molar-refractivity contribution is 7.84. The lowest BCUT2D eigenvalue weighted by Gasteiger charge is -2.06. The predicted molar refractivity (Wildman–Crippen MR) is 80.9 cm³/mol. The molecule has 2 nitrogen and oxygen atoms in total. The first kappa shape index (κ1) is 14.5. The van der Waals surface area contributed by atoms with Crippen molar-refractivity contribution >= 4 is 34.0 Å². The van der Waals surface area contributed by atoms with Crippen molar-refractivity contribution in [2.45, 2.75) is 17.2 Å². The van der Waals surface area contributed by atoms with Gasteiger partial charge in [0.25, 0.3) is 0 Å². The largest absolute Gasteiger partial charge is 0.326 e. The second kappa shape index (κ2) is 6.53. The Bertz CT molecular complexity index is 616. The van der Waals surface area contributed by atoms with E-state index < -0.39 is 10.8 Å². The minimum atomic E-state index is -1.22. The third-order valence-electron chi connectivity index (χ3n) is 2.66. The Hall–Kier alpha value is -0.870. The van der Waals surface area contributed by atoms with Gasteiger partial charge in [0.2, 0.25) is 0 Å². The standard InChI is InChI=1S/C14H13Cl2NOS/c15-12-4-5-13(16)14(7-12)19(18)9-11-3-1-2-10(6-11)8-17/h1-7H,8-9,17H2. The van der Waals surface area contributed by atoms with E-state index in [0.29, 0.717) is 27.2 Å². The van der Waals surface area contributed by atoms with Crippen LogP contribution in [0, 0.1) is 0 Å². The summed E-state index contributed by atoms with van der Waals surface area (Å²) in [6.45, 7) is 0.471. The molecule has 2 aromatic rings. The second-order valence-corrected chi connectivity index (χ2v) is 6.35. The molecule has 0 bridgehead atoms. The van der Waals surface area contributed by atoms with Gasteiger partial charge in [-0.05, 0) is 29.3 Å². The van der Waals surface area contributed by atoms with Crippen LogP contribution in [-0.2, 0) is 23.1 Å². The molecule has 0 aromatic heterocycles. The fourth-order valence-corrected chi connectivity index (χ4v) is 3.52. The van der Waals surface area contributed by atoms with Crippen molar-refractivity contribution in [1.29, 1.82) is 0 Å². The van der Waals surface area contributed by atoms with Crippen LogP contribution in [0.15, 0.2) is 47.4 Å². The molecule has 0 heterocycles. The zero-order valence-corrected chi connectivity index (χ0v) is 12.4. The molecular formula is C14H13Cl2NOS. The second-order valence-electron chi connectivity index (χ2n) is 4.09. The Kier molecular flexibility index (Phi) is 4.99. The third-order valence-corrected chi connectivity index (χ3v) is 4.76. The highest BCUT2D eigenvalue weighted by atomic mass is 35.5. The molecule has 0 aliphatic heterocycles. The number of hydrogen-bond donors (Lipinski definition) is 1. The van der Waals surface area contributed by atoms with Gasteiger partial charge in [0.15, 0.2) is 0 Å². The van der Waals surface area contributed by atoms with E-state index in [1.807, 2.05) is 24.3 Å². The Labute approximate surface area is 125 Å². The molecule has 1 atom stereocenters. The quantitative estimate of drug-likeness (QED) is 0.934. The van der Waals surface area contributed by atoms with E-state index in [0.717, 1.165) is 11.1 Å². The highest BCUT2D eigenvalue weighted by Gasteiger charge is 2.10. The van der Waals surface area contributed by atoms with E-state index in [4.69, 9.17) is 28.9 Å². The van der Waals surface area contributed by atoms with Crippen molar-refractivity contribution < 1.29 is 4.21 Å². The average Bonchev–Trinajstić information content (AvgIpc) is 2.41. The summed E-state index contributed by atoms with van der Waals surface area (Å²) >= 11 is 11.9. The Morgan fingerprint density at radius 1 is 1.05 bits per heavy atom. The van der Waals surface area contributed by atoms with Crippen LogP contribution in [0.5, 0.6) is 0 Å². The molecule has 0 spiro atoms. The molecule has 2 aromatic carbocycles. The zero-order valence-electron chi connectivity index (χ0n) is 10.1. The summed E-state index contributed by atoms with van der Waals surface area (Å²) in [5, 5.41) is 1.00. The van der Waals surface area contributed by atoms with Crippen LogP contribution in [0.2, 0.25) is 10.0 Å². The Balaban J connectivity index is 2.23. The number of hydrogen-bond acceptors (Lipinski definition) is 2. The SMILES string of the molecule is NCc1cccc(CS(=O)c2cc(Cl)ccc2Cl)c1. The summed E-state index contributed by atoms with van der Waals surface area (Å²) in [4.78, 5) is 0.562. The summed E-state index contributed by atoms with van der Waals surface area (Å²) in [6, 6.07) is 12.7. The monoisotopic (exact) mass is 313 g/mol. The molecule has 2 rings (SSSR count). The predicted octanol–water partition coefficient (Wildman–Crippen LogP) is 3.76. The molecule has 0 aliphatic carbocycles. The van der Waals surface area contributed by atoms with Gasteiger partial charge in [-0.25, -0.2) is 0 Å². The van der Waals surface area contributed by atoms with Crippen LogP contribution in [0.3, 0.4) is 0 Å². The molecule has 0 saturated heterocycles. The van der Waals surface area contributed by atoms with Crippen LogP contribution in [-0.4, -0.2) is 4.21 Å². The summed E-state index contributed by atoms with van der Waals surface area (Å²) in [6.07, 6.45) is 0. The Morgan fingerprint density at radius 2 is 1.79 bits per heavy atom. The van der Waals surface area contributed by atoms with Crippen molar-refractivity contribution in [3.05, 3.63) is 63.6 Å². The lowest BCUT2D eigenvalue weighted by Crippen LogP contribution is -2.00. The van der Waals surface area contributed by atoms with E-state index in [-0.39, 0.29) is 0 Å². The van der Waals surface area contributed by atoms with Crippen LogP contribution in [0.25, 0.3) is 0 Å². The van der Waals surface area contributed by atoms with Gasteiger partial charge in [-0.1, -0.05) is 47.5 Å². The maximum Gasteiger partial charge on any atom is 0.0592 e. The van der Waals surface area contributed by atoms with Gasteiger partial charge >= 0.3 is 0 Å². The first-order valence-electron chi connectivity index (χ1n) is 5.71. The lowest BCUT2D eigenvalue weighted by atomic mass is 10.1. The molecule has 0 fully saturated rings. The molecule has 2 N–H and O–H groups in total. The van der Waals surface area contributed by atoms with E-state index in [9.17, 15) is 4.21 Å². The summed E-state index contributed by atoms with van der Waals surface area (Å²) < 4.78 is 12.3. The first-order valence-corrected chi connectivity index (χ1v) is 7.79. The van der Waals surface area contributed by atoms with Gasteiger partial charge in [-0.2, -0.15) is 0 Å². The van der Waals surface area contributed by atoms with Gasteiger partial charge in [-0.3, -0.25) is 4.21 Å². The number of nitrogens with two attached hydrogens (primary N) is 1.